The molecule has 5 aromatic heterocycles. The van der Waals surface area contributed by atoms with E-state index in [-0.39, 0.29) is 16.9 Å². The third-order valence-corrected chi connectivity index (χ3v) is 10.5. The second-order valence-corrected chi connectivity index (χ2v) is 13.8. The van der Waals surface area contributed by atoms with Crippen molar-refractivity contribution >= 4 is 22.7 Å². The van der Waals surface area contributed by atoms with Crippen LogP contribution in [0.4, 0.5) is 21.6 Å². The molecule has 50 heavy (non-hydrogen) atoms. The number of ether oxygens (including phenoxy) is 1. The Morgan fingerprint density at radius 3 is 2.50 bits per heavy atom. The standard InChI is InChI=1S/C37H41FN8O4/c1-22-16-43(26-20-50-21-26)17-23(2)46(22)25-8-9-32(40-15-25)41-30-14-24(18-42(3)36(30)48)27-10-11-39-35(29(27)19-47)45-13-12-44-31-7-5-4-6-28(31)33(38)34(44)37(45)49/h8-15,18,22-23,26,47H,4-7,16-17,19-21H2,1-3H3,(H,40,41)/t22-,23-/m0/s1. The Kier molecular flexibility index (Phi) is 8.28. The molecule has 0 spiro atoms. The van der Waals surface area contributed by atoms with Gasteiger partial charge < -0.3 is 29.0 Å². The molecule has 5 aromatic rings. The Labute approximate surface area is 288 Å². The first-order valence-electron chi connectivity index (χ1n) is 17.3. The maximum Gasteiger partial charge on any atom is 0.283 e. The predicted octanol–water partition coefficient (Wildman–Crippen LogP) is 3.80. The summed E-state index contributed by atoms with van der Waals surface area (Å²) in [6.07, 6.45) is 11.5. The smallest absolute Gasteiger partial charge is 0.283 e. The minimum Gasteiger partial charge on any atom is -0.392 e. The van der Waals surface area contributed by atoms with E-state index in [2.05, 4.69) is 38.9 Å². The third-order valence-electron chi connectivity index (χ3n) is 10.5. The fourth-order valence-corrected chi connectivity index (χ4v) is 8.04. The number of aliphatic hydroxyl groups excluding tert-OH is 1. The summed E-state index contributed by atoms with van der Waals surface area (Å²) >= 11 is 0. The highest BCUT2D eigenvalue weighted by Gasteiger charge is 2.36. The Bertz CT molecular complexity index is 2190. The number of nitrogens with one attached hydrogen (secondary N) is 1. The van der Waals surface area contributed by atoms with Crippen LogP contribution in [0.15, 0.2) is 64.8 Å². The van der Waals surface area contributed by atoms with Crippen molar-refractivity contribution in [2.24, 2.45) is 7.05 Å². The van der Waals surface area contributed by atoms with Crippen LogP contribution < -0.4 is 21.3 Å². The Morgan fingerprint density at radius 2 is 1.80 bits per heavy atom. The summed E-state index contributed by atoms with van der Waals surface area (Å²) in [5.41, 5.74) is 3.51. The van der Waals surface area contributed by atoms with Gasteiger partial charge in [0.1, 0.15) is 22.8 Å². The largest absolute Gasteiger partial charge is 0.392 e. The van der Waals surface area contributed by atoms with Gasteiger partial charge >= 0.3 is 0 Å². The molecule has 13 heteroatoms. The number of aryl methyl sites for hydroxylation is 2. The zero-order chi connectivity index (χ0) is 34.7. The van der Waals surface area contributed by atoms with E-state index in [1.165, 1.54) is 9.13 Å². The average molecular weight is 681 g/mol. The number of halogens is 1. The lowest BCUT2D eigenvalue weighted by atomic mass is 9.98. The van der Waals surface area contributed by atoms with E-state index in [0.717, 1.165) is 56.9 Å². The fourth-order valence-electron chi connectivity index (χ4n) is 8.04. The SMILES string of the molecule is C[C@H]1CN(C2COC2)C[C@H](C)N1c1ccc(Nc2cc(-c3ccnc(-n4ccn5c6c(c(F)c5c4=O)CCCC6)c3CO)cn(C)c2=O)nc1. The molecule has 12 nitrogen and oxygen atoms in total. The minimum atomic E-state index is -0.547. The molecule has 2 N–H and O–H groups in total. The molecule has 0 radical (unpaired) electrons. The molecule has 7 heterocycles. The molecule has 2 fully saturated rings. The van der Waals surface area contributed by atoms with Gasteiger partial charge in [0.05, 0.1) is 37.7 Å². The van der Waals surface area contributed by atoms with Crippen LogP contribution in [-0.4, -0.2) is 77.9 Å². The minimum absolute atomic E-state index is 0.0162. The molecule has 0 amide bonds. The van der Waals surface area contributed by atoms with Gasteiger partial charge in [-0.25, -0.2) is 14.4 Å². The van der Waals surface area contributed by atoms with Crippen molar-refractivity contribution in [2.45, 2.75) is 64.3 Å². The van der Waals surface area contributed by atoms with Gasteiger partial charge in [0.25, 0.3) is 11.1 Å². The maximum absolute atomic E-state index is 15.5. The lowest BCUT2D eigenvalue weighted by molar-refractivity contribution is -0.0726. The molecule has 0 saturated carbocycles. The number of aromatic nitrogens is 5. The van der Waals surface area contributed by atoms with Crippen LogP contribution in [0.2, 0.25) is 0 Å². The molecule has 8 rings (SSSR count). The van der Waals surface area contributed by atoms with Gasteiger partial charge in [-0.3, -0.25) is 19.1 Å². The first-order valence-corrected chi connectivity index (χ1v) is 17.3. The van der Waals surface area contributed by atoms with E-state index in [4.69, 9.17) is 4.74 Å². The molecule has 2 saturated heterocycles. The summed E-state index contributed by atoms with van der Waals surface area (Å²) < 4.78 is 25.4. The maximum atomic E-state index is 15.5. The summed E-state index contributed by atoms with van der Waals surface area (Å²) in [5, 5.41) is 13.8. The van der Waals surface area contributed by atoms with Crippen LogP contribution in [0.1, 0.15) is 43.5 Å². The average Bonchev–Trinajstić information content (AvgIpc) is 3.38. The zero-order valence-corrected chi connectivity index (χ0v) is 28.5. The summed E-state index contributed by atoms with van der Waals surface area (Å²) in [7, 11) is 1.65. The van der Waals surface area contributed by atoms with Crippen molar-refractivity contribution in [1.82, 2.24) is 28.4 Å². The second-order valence-electron chi connectivity index (χ2n) is 13.8. The predicted molar refractivity (Wildman–Crippen MR) is 189 cm³/mol. The molecule has 3 aliphatic rings. The van der Waals surface area contributed by atoms with Crippen LogP contribution >= 0.6 is 0 Å². The number of pyridine rings is 3. The number of aliphatic hydroxyl groups is 1. The monoisotopic (exact) mass is 680 g/mol. The van der Waals surface area contributed by atoms with Gasteiger partial charge in [-0.15, -0.1) is 0 Å². The number of anilines is 3. The summed E-state index contributed by atoms with van der Waals surface area (Å²) in [6, 6.07) is 8.45. The molecule has 0 unspecified atom stereocenters. The lowest BCUT2D eigenvalue weighted by Gasteiger charge is -2.49. The number of hydrogen-bond acceptors (Lipinski definition) is 9. The van der Waals surface area contributed by atoms with E-state index in [1.807, 2.05) is 18.3 Å². The number of nitrogens with zero attached hydrogens (tertiary/aromatic N) is 7. The van der Waals surface area contributed by atoms with Crippen LogP contribution in [-0.2, 0) is 31.2 Å². The molecule has 1 aliphatic carbocycles. The van der Waals surface area contributed by atoms with E-state index in [9.17, 15) is 14.7 Å². The van der Waals surface area contributed by atoms with Crippen molar-refractivity contribution in [3.05, 3.63) is 98.6 Å². The highest BCUT2D eigenvalue weighted by Crippen LogP contribution is 2.32. The van der Waals surface area contributed by atoms with E-state index in [0.29, 0.717) is 58.3 Å². The van der Waals surface area contributed by atoms with E-state index >= 15 is 4.39 Å². The normalized spacial score (nSPS) is 19.8. The molecule has 2 aliphatic heterocycles. The van der Waals surface area contributed by atoms with Gasteiger partial charge in [0.15, 0.2) is 5.82 Å². The van der Waals surface area contributed by atoms with Crippen LogP contribution in [0.3, 0.4) is 0 Å². The van der Waals surface area contributed by atoms with E-state index < -0.39 is 18.0 Å². The topological polar surface area (TPSA) is 122 Å². The van der Waals surface area contributed by atoms with Gasteiger partial charge in [-0.05, 0) is 69.4 Å². The first kappa shape index (κ1) is 32.4. The van der Waals surface area contributed by atoms with E-state index in [1.54, 1.807) is 48.4 Å². The highest BCUT2D eigenvalue weighted by atomic mass is 19.1. The zero-order valence-electron chi connectivity index (χ0n) is 28.5. The van der Waals surface area contributed by atoms with Gasteiger partial charge in [0.2, 0.25) is 0 Å². The van der Waals surface area contributed by atoms with Crippen LogP contribution in [0.25, 0.3) is 22.5 Å². The molecular weight excluding hydrogens is 639 g/mol. The molecule has 0 aromatic carbocycles. The van der Waals surface area contributed by atoms with Crippen molar-refractivity contribution < 1.29 is 14.2 Å². The van der Waals surface area contributed by atoms with Crippen molar-refractivity contribution in [2.75, 3.05) is 36.5 Å². The molecule has 260 valence electrons. The van der Waals surface area contributed by atoms with Gasteiger partial charge in [-0.2, -0.15) is 0 Å². The van der Waals surface area contributed by atoms with Crippen molar-refractivity contribution in [3.8, 4) is 16.9 Å². The number of fused-ring (bicyclic) bond motifs is 3. The van der Waals surface area contributed by atoms with Crippen molar-refractivity contribution in [1.29, 1.82) is 0 Å². The van der Waals surface area contributed by atoms with Gasteiger partial charge in [0, 0.05) is 79.4 Å². The second kappa shape index (κ2) is 12.8. The molecule has 2 atom stereocenters. The third kappa shape index (κ3) is 5.40. The molecule has 0 bridgehead atoms. The summed E-state index contributed by atoms with van der Waals surface area (Å²) in [6.45, 7) is 7.55. The van der Waals surface area contributed by atoms with Crippen LogP contribution in [0.5, 0.6) is 0 Å². The van der Waals surface area contributed by atoms with Gasteiger partial charge in [-0.1, -0.05) is 0 Å². The van der Waals surface area contributed by atoms with Crippen molar-refractivity contribution in [3.63, 3.8) is 0 Å². The number of piperazine rings is 1. The Balaban J connectivity index is 1.09. The number of hydrogen-bond donors (Lipinski definition) is 2. The fraction of sp³-hybridized carbons (Fsp3) is 0.405. The number of rotatable bonds is 7. The summed E-state index contributed by atoms with van der Waals surface area (Å²) in [4.78, 5) is 41.1. The lowest BCUT2D eigenvalue weighted by Crippen LogP contribution is -2.62. The first-order chi connectivity index (χ1) is 24.2. The Morgan fingerprint density at radius 1 is 1.02 bits per heavy atom. The Hall–Kier alpha value is -4.85. The quantitative estimate of drug-likeness (QED) is 0.265. The summed E-state index contributed by atoms with van der Waals surface area (Å²) in [5.74, 6) is 0.229. The highest BCUT2D eigenvalue weighted by molar-refractivity contribution is 5.73. The molecular formula is C37H41FN8O4. The van der Waals surface area contributed by atoms with Crippen LogP contribution in [0, 0.1) is 5.82 Å².